The molecular weight excluding hydrogens is 154 g/mol. The van der Waals surface area contributed by atoms with Crippen molar-refractivity contribution in [1.29, 1.82) is 0 Å². The number of aromatic hydroxyl groups is 2. The van der Waals surface area contributed by atoms with Gasteiger partial charge in [0.25, 0.3) is 0 Å². The molecule has 0 radical (unpaired) electrons. The predicted molar refractivity (Wildman–Crippen MR) is 45.2 cm³/mol. The average Bonchev–Trinajstić information content (AvgIpc) is 2.12. The van der Waals surface area contributed by atoms with E-state index in [4.69, 9.17) is 0 Å². The summed E-state index contributed by atoms with van der Waals surface area (Å²) < 4.78 is 0. The summed E-state index contributed by atoms with van der Waals surface area (Å²) in [6.45, 7) is 1.59. The number of phenolic OH excluding ortho intramolecular Hbond substituents is 2. The highest BCUT2D eigenvalue weighted by molar-refractivity contribution is 5.49. The quantitative estimate of drug-likeness (QED) is 0.497. The van der Waals surface area contributed by atoms with Crippen molar-refractivity contribution in [3.63, 3.8) is 0 Å². The zero-order valence-corrected chi connectivity index (χ0v) is 6.67. The largest absolute Gasteiger partial charge is 0.504 e. The summed E-state index contributed by atoms with van der Waals surface area (Å²) in [7, 11) is 0. The summed E-state index contributed by atoms with van der Waals surface area (Å²) >= 11 is 0. The molecule has 0 fully saturated rings. The van der Waals surface area contributed by atoms with Gasteiger partial charge in [0.1, 0.15) is 0 Å². The summed E-state index contributed by atoms with van der Waals surface area (Å²) in [5.74, 6) is -0.00264. The number of rotatable bonds is 0. The van der Waals surface area contributed by atoms with Gasteiger partial charge in [-0.3, -0.25) is 0 Å². The van der Waals surface area contributed by atoms with E-state index in [0.717, 1.165) is 24.1 Å². The van der Waals surface area contributed by atoms with Crippen LogP contribution >= 0.6 is 0 Å². The van der Waals surface area contributed by atoms with Crippen molar-refractivity contribution >= 4 is 0 Å². The van der Waals surface area contributed by atoms with Crippen LogP contribution in [0, 0.1) is 0 Å². The Hall–Kier alpha value is -1.22. The maximum Gasteiger partial charge on any atom is 0.162 e. The lowest BCUT2D eigenvalue weighted by molar-refractivity contribution is 0.395. The molecular formula is C9H11NO2. The van der Waals surface area contributed by atoms with Crippen LogP contribution in [0.2, 0.25) is 0 Å². The third-order valence-corrected chi connectivity index (χ3v) is 2.23. The minimum atomic E-state index is -0.0301. The number of hydrogen-bond donors (Lipinski definition) is 3. The van der Waals surface area contributed by atoms with Crippen molar-refractivity contribution in [2.45, 2.75) is 13.0 Å². The van der Waals surface area contributed by atoms with Gasteiger partial charge in [0.2, 0.25) is 0 Å². The topological polar surface area (TPSA) is 52.5 Å². The summed E-state index contributed by atoms with van der Waals surface area (Å²) in [5, 5.41) is 21.8. The minimum Gasteiger partial charge on any atom is -0.504 e. The van der Waals surface area contributed by atoms with Crippen molar-refractivity contribution < 1.29 is 10.2 Å². The molecule has 3 nitrogen and oxygen atoms in total. The Morgan fingerprint density at radius 3 is 2.92 bits per heavy atom. The fourth-order valence-corrected chi connectivity index (χ4v) is 1.53. The molecule has 1 heterocycles. The molecule has 3 N–H and O–H groups in total. The highest BCUT2D eigenvalue weighted by Crippen LogP contribution is 2.32. The van der Waals surface area contributed by atoms with Gasteiger partial charge in [0.05, 0.1) is 0 Å². The summed E-state index contributed by atoms with van der Waals surface area (Å²) in [6, 6.07) is 3.41. The Balaban J connectivity index is 2.54. The van der Waals surface area contributed by atoms with E-state index in [1.54, 1.807) is 6.07 Å². The molecule has 1 aromatic carbocycles. The van der Waals surface area contributed by atoms with Gasteiger partial charge >= 0.3 is 0 Å². The van der Waals surface area contributed by atoms with Crippen molar-refractivity contribution in [2.24, 2.45) is 0 Å². The first kappa shape index (κ1) is 7.43. The first-order chi connectivity index (χ1) is 5.79. The van der Waals surface area contributed by atoms with E-state index in [9.17, 15) is 10.2 Å². The SMILES string of the molecule is Oc1ccc2c(c1O)CNCC2. The Kier molecular flexibility index (Phi) is 1.66. The molecule has 0 aromatic heterocycles. The minimum absolute atomic E-state index is 0.0275. The Morgan fingerprint density at radius 2 is 2.08 bits per heavy atom. The van der Waals surface area contributed by atoms with Crippen LogP contribution < -0.4 is 5.32 Å². The van der Waals surface area contributed by atoms with Crippen LogP contribution in [0.4, 0.5) is 0 Å². The third-order valence-electron chi connectivity index (χ3n) is 2.23. The lowest BCUT2D eigenvalue weighted by Gasteiger charge is -2.18. The van der Waals surface area contributed by atoms with E-state index in [1.807, 2.05) is 6.07 Å². The van der Waals surface area contributed by atoms with Gasteiger partial charge in [-0.05, 0) is 24.6 Å². The second-order valence-electron chi connectivity index (χ2n) is 3.00. The van der Waals surface area contributed by atoms with E-state index in [-0.39, 0.29) is 11.5 Å². The molecule has 0 aliphatic carbocycles. The van der Waals surface area contributed by atoms with Crippen LogP contribution in [0.5, 0.6) is 11.5 Å². The summed E-state index contributed by atoms with van der Waals surface area (Å²) in [4.78, 5) is 0. The van der Waals surface area contributed by atoms with E-state index in [1.165, 1.54) is 0 Å². The number of nitrogens with one attached hydrogen (secondary N) is 1. The van der Waals surface area contributed by atoms with E-state index >= 15 is 0 Å². The molecule has 2 rings (SSSR count). The molecule has 0 unspecified atom stereocenters. The molecule has 0 saturated heterocycles. The maximum absolute atomic E-state index is 9.45. The predicted octanol–water partition coefficient (Wildman–Crippen LogP) is 0.743. The molecule has 1 aliphatic heterocycles. The lowest BCUT2D eigenvalue weighted by Crippen LogP contribution is -2.23. The van der Waals surface area contributed by atoms with Gasteiger partial charge < -0.3 is 15.5 Å². The molecule has 64 valence electrons. The van der Waals surface area contributed by atoms with Crippen molar-refractivity contribution in [1.82, 2.24) is 5.32 Å². The fourth-order valence-electron chi connectivity index (χ4n) is 1.53. The van der Waals surface area contributed by atoms with E-state index < -0.39 is 0 Å². The Morgan fingerprint density at radius 1 is 1.25 bits per heavy atom. The molecule has 1 aliphatic rings. The van der Waals surface area contributed by atoms with Crippen LogP contribution in [0.15, 0.2) is 12.1 Å². The first-order valence-electron chi connectivity index (χ1n) is 4.02. The van der Waals surface area contributed by atoms with Gasteiger partial charge in [0, 0.05) is 12.1 Å². The number of phenols is 2. The average molecular weight is 165 g/mol. The first-order valence-corrected chi connectivity index (χ1v) is 4.02. The summed E-state index contributed by atoms with van der Waals surface area (Å²) in [5.41, 5.74) is 1.96. The van der Waals surface area contributed by atoms with E-state index in [2.05, 4.69) is 5.32 Å². The molecule has 0 atom stereocenters. The Labute approximate surface area is 70.7 Å². The van der Waals surface area contributed by atoms with Gasteiger partial charge in [-0.1, -0.05) is 6.07 Å². The van der Waals surface area contributed by atoms with Crippen LogP contribution in [0.3, 0.4) is 0 Å². The summed E-state index contributed by atoms with van der Waals surface area (Å²) in [6.07, 6.45) is 0.920. The molecule has 0 bridgehead atoms. The van der Waals surface area contributed by atoms with Crippen molar-refractivity contribution in [3.05, 3.63) is 23.3 Å². The molecule has 0 spiro atoms. The van der Waals surface area contributed by atoms with Crippen LogP contribution in [-0.2, 0) is 13.0 Å². The smallest absolute Gasteiger partial charge is 0.162 e. The molecule has 12 heavy (non-hydrogen) atoms. The third kappa shape index (κ3) is 1.02. The number of hydrogen-bond acceptors (Lipinski definition) is 3. The monoisotopic (exact) mass is 165 g/mol. The van der Waals surface area contributed by atoms with E-state index in [0.29, 0.717) is 6.54 Å². The van der Waals surface area contributed by atoms with Crippen molar-refractivity contribution in [3.8, 4) is 11.5 Å². The fraction of sp³-hybridized carbons (Fsp3) is 0.333. The van der Waals surface area contributed by atoms with Crippen LogP contribution in [0.1, 0.15) is 11.1 Å². The number of fused-ring (bicyclic) bond motifs is 1. The molecule has 1 aromatic rings. The second kappa shape index (κ2) is 2.68. The Bertz CT molecular complexity index is 310. The normalized spacial score (nSPS) is 15.7. The number of benzene rings is 1. The van der Waals surface area contributed by atoms with Crippen molar-refractivity contribution in [2.75, 3.05) is 6.54 Å². The zero-order valence-electron chi connectivity index (χ0n) is 6.67. The maximum atomic E-state index is 9.45. The molecule has 0 amide bonds. The van der Waals surface area contributed by atoms with Crippen LogP contribution in [0.25, 0.3) is 0 Å². The molecule has 0 saturated carbocycles. The highest BCUT2D eigenvalue weighted by atomic mass is 16.3. The van der Waals surface area contributed by atoms with Gasteiger partial charge in [-0.25, -0.2) is 0 Å². The molecule has 3 heteroatoms. The van der Waals surface area contributed by atoms with Gasteiger partial charge in [0.15, 0.2) is 11.5 Å². The second-order valence-corrected chi connectivity index (χ2v) is 3.00. The highest BCUT2D eigenvalue weighted by Gasteiger charge is 2.14. The zero-order chi connectivity index (χ0) is 8.55. The van der Waals surface area contributed by atoms with Gasteiger partial charge in [-0.15, -0.1) is 0 Å². The standard InChI is InChI=1S/C9H11NO2/c11-8-2-1-6-3-4-10-5-7(6)9(8)12/h1-2,10-12H,3-5H2. The van der Waals surface area contributed by atoms with Gasteiger partial charge in [-0.2, -0.15) is 0 Å². The van der Waals surface area contributed by atoms with Crippen LogP contribution in [-0.4, -0.2) is 16.8 Å². The lowest BCUT2D eigenvalue weighted by atomic mass is 10.00.